The van der Waals surface area contributed by atoms with Crippen molar-refractivity contribution in [2.75, 3.05) is 13.2 Å². The van der Waals surface area contributed by atoms with Crippen molar-refractivity contribution in [3.63, 3.8) is 0 Å². The van der Waals surface area contributed by atoms with E-state index < -0.39 is 6.10 Å². The molecule has 0 aliphatic heterocycles. The average Bonchev–Trinajstić information content (AvgIpc) is 3.01. The Hall–Kier alpha value is -2.18. The second-order valence-corrected chi connectivity index (χ2v) is 12.6. The summed E-state index contributed by atoms with van der Waals surface area (Å²) in [5.74, 6) is 0.133. The molecule has 0 aromatic rings. The topological polar surface area (TPSA) is 93.1 Å². The zero-order chi connectivity index (χ0) is 33.2. The van der Waals surface area contributed by atoms with Crippen LogP contribution >= 0.6 is 0 Å². The van der Waals surface area contributed by atoms with Crippen molar-refractivity contribution in [1.29, 1.82) is 0 Å². The number of hydrogen-bond acceptors (Lipinski definition) is 6. The number of aliphatic hydroxyl groups is 2. The van der Waals surface area contributed by atoms with Crippen molar-refractivity contribution in [1.82, 2.24) is 0 Å². The van der Waals surface area contributed by atoms with E-state index in [1.165, 1.54) is 57.8 Å². The smallest absolute Gasteiger partial charge is 0.306 e. The molecule has 0 saturated carbocycles. The number of aliphatic hydroxyl groups excluding tert-OH is 2. The largest absolute Gasteiger partial charge is 0.462 e. The van der Waals surface area contributed by atoms with E-state index in [0.717, 1.165) is 63.7 Å². The lowest BCUT2D eigenvalue weighted by molar-refractivity contribution is -0.161. The van der Waals surface area contributed by atoms with Gasteiger partial charge in [-0.2, -0.15) is 0 Å². The molecule has 0 aliphatic rings. The quantitative estimate of drug-likeness (QED) is 0.0342. The van der Waals surface area contributed by atoms with E-state index >= 15 is 0 Å². The highest BCUT2D eigenvalue weighted by Crippen LogP contribution is 2.14. The summed E-state index contributed by atoms with van der Waals surface area (Å²) in [6, 6.07) is 0. The van der Waals surface area contributed by atoms with Crippen LogP contribution in [0.25, 0.3) is 0 Å². The summed E-state index contributed by atoms with van der Waals surface area (Å²) in [6.07, 6.45) is 36.4. The van der Waals surface area contributed by atoms with E-state index in [9.17, 15) is 19.8 Å². The van der Waals surface area contributed by atoms with Crippen LogP contribution in [0.4, 0.5) is 0 Å². The maximum atomic E-state index is 12.1. The highest BCUT2D eigenvalue weighted by Gasteiger charge is 2.16. The monoisotopic (exact) mass is 633 g/mol. The first-order valence-electron chi connectivity index (χ1n) is 18.2. The van der Waals surface area contributed by atoms with Gasteiger partial charge in [-0.1, -0.05) is 153 Å². The molecule has 0 heterocycles. The zero-order valence-corrected chi connectivity index (χ0v) is 29.1. The molecule has 0 radical (unpaired) electrons. The summed E-state index contributed by atoms with van der Waals surface area (Å²) in [6.45, 7) is 6.27. The Morgan fingerprint density at radius 3 is 1.89 bits per heavy atom. The van der Waals surface area contributed by atoms with Crippen molar-refractivity contribution in [2.45, 2.75) is 168 Å². The molecule has 2 N–H and O–H groups in total. The molecule has 0 saturated heterocycles. The third-order valence-electron chi connectivity index (χ3n) is 7.66. The number of rotatable bonds is 31. The van der Waals surface area contributed by atoms with Crippen molar-refractivity contribution in [3.05, 3.63) is 48.6 Å². The van der Waals surface area contributed by atoms with Gasteiger partial charge in [-0.05, 0) is 44.4 Å². The highest BCUT2D eigenvalue weighted by atomic mass is 16.6. The lowest BCUT2D eigenvalue weighted by atomic mass is 10.0. The minimum atomic E-state index is -0.812. The first-order valence-corrected chi connectivity index (χ1v) is 18.2. The molecule has 6 heteroatoms. The molecular formula is C39H68O6. The van der Waals surface area contributed by atoms with Crippen molar-refractivity contribution in [2.24, 2.45) is 5.92 Å². The van der Waals surface area contributed by atoms with Crippen LogP contribution in [0.15, 0.2) is 48.6 Å². The normalized spacial score (nSPS) is 13.6. The molecule has 0 spiro atoms. The average molecular weight is 633 g/mol. The highest BCUT2D eigenvalue weighted by molar-refractivity contribution is 5.70. The second-order valence-electron chi connectivity index (χ2n) is 12.6. The van der Waals surface area contributed by atoms with Crippen LogP contribution in [0, 0.1) is 5.92 Å². The van der Waals surface area contributed by atoms with Crippen LogP contribution in [0.1, 0.15) is 156 Å². The van der Waals surface area contributed by atoms with Gasteiger partial charge in [-0.25, -0.2) is 0 Å². The number of esters is 2. The second kappa shape index (κ2) is 33.2. The predicted octanol–water partition coefficient (Wildman–Crippen LogP) is 9.89. The number of ether oxygens (including phenoxy) is 2. The molecule has 45 heavy (non-hydrogen) atoms. The van der Waals surface area contributed by atoms with Crippen molar-refractivity contribution in [3.8, 4) is 0 Å². The molecule has 260 valence electrons. The molecule has 2 atom stereocenters. The molecule has 0 fully saturated rings. The molecule has 0 bridgehead atoms. The van der Waals surface area contributed by atoms with Gasteiger partial charge in [0.05, 0.1) is 12.7 Å². The summed E-state index contributed by atoms with van der Waals surface area (Å²) in [7, 11) is 0. The summed E-state index contributed by atoms with van der Waals surface area (Å²) in [5.41, 5.74) is 0. The molecule has 0 aromatic carbocycles. The minimum absolute atomic E-state index is 0.100. The zero-order valence-electron chi connectivity index (χ0n) is 29.1. The van der Waals surface area contributed by atoms with Gasteiger partial charge >= 0.3 is 11.9 Å². The van der Waals surface area contributed by atoms with Crippen LogP contribution < -0.4 is 0 Å². The summed E-state index contributed by atoms with van der Waals surface area (Å²) in [4.78, 5) is 24.1. The van der Waals surface area contributed by atoms with E-state index in [1.54, 1.807) is 0 Å². The summed E-state index contributed by atoms with van der Waals surface area (Å²) >= 11 is 0. The number of unbranched alkanes of at least 4 members (excludes halogenated alkanes) is 12. The van der Waals surface area contributed by atoms with E-state index in [2.05, 4.69) is 51.2 Å². The lowest BCUT2D eigenvalue weighted by Gasteiger charge is -2.15. The maximum absolute atomic E-state index is 12.1. The predicted molar refractivity (Wildman–Crippen MR) is 188 cm³/mol. The van der Waals surface area contributed by atoms with Gasteiger partial charge in [0, 0.05) is 12.8 Å². The Balaban J connectivity index is 3.75. The van der Waals surface area contributed by atoms with Gasteiger partial charge in [-0.3, -0.25) is 9.59 Å². The first kappa shape index (κ1) is 42.8. The minimum Gasteiger partial charge on any atom is -0.462 e. The van der Waals surface area contributed by atoms with Gasteiger partial charge in [0.15, 0.2) is 6.10 Å². The molecule has 0 rings (SSSR count). The van der Waals surface area contributed by atoms with Crippen LogP contribution in [0.2, 0.25) is 0 Å². The Kier molecular flexibility index (Phi) is 31.6. The lowest BCUT2D eigenvalue weighted by Crippen LogP contribution is -2.28. The Labute approximate surface area is 276 Å². The van der Waals surface area contributed by atoms with Gasteiger partial charge in [0.2, 0.25) is 0 Å². The number of carbonyl (C=O) groups excluding carboxylic acids is 2. The van der Waals surface area contributed by atoms with Gasteiger partial charge in [-0.15, -0.1) is 0 Å². The third kappa shape index (κ3) is 33.0. The molecule has 0 amide bonds. The summed E-state index contributed by atoms with van der Waals surface area (Å²) < 4.78 is 10.5. The number of allylic oxidation sites excluding steroid dienone is 7. The van der Waals surface area contributed by atoms with E-state index in [1.807, 2.05) is 18.2 Å². The SMILES string of the molecule is CCCCC[C@H](O)/C=C/C=C\C/C=C\C/C=C\CCCC(=O)O[C@@H](CO)COC(=O)CCCCCCCCCCCCC(C)C. The Bertz CT molecular complexity index is 797. The first-order chi connectivity index (χ1) is 21.9. The third-order valence-corrected chi connectivity index (χ3v) is 7.66. The number of carbonyl (C=O) groups is 2. The molecule has 0 unspecified atom stereocenters. The Morgan fingerprint density at radius 1 is 0.667 bits per heavy atom. The van der Waals surface area contributed by atoms with Crippen molar-refractivity contribution < 1.29 is 29.3 Å². The van der Waals surface area contributed by atoms with Gasteiger partial charge in [0.25, 0.3) is 0 Å². The molecule has 0 aromatic heterocycles. The van der Waals surface area contributed by atoms with Gasteiger partial charge < -0.3 is 19.7 Å². The van der Waals surface area contributed by atoms with Crippen LogP contribution in [-0.2, 0) is 19.1 Å². The Morgan fingerprint density at radius 2 is 1.24 bits per heavy atom. The van der Waals surface area contributed by atoms with E-state index in [0.29, 0.717) is 12.8 Å². The molecule has 6 nitrogen and oxygen atoms in total. The fourth-order valence-electron chi connectivity index (χ4n) is 4.84. The maximum Gasteiger partial charge on any atom is 0.306 e. The molecule has 0 aliphatic carbocycles. The van der Waals surface area contributed by atoms with Crippen LogP contribution in [0.3, 0.4) is 0 Å². The number of hydrogen-bond donors (Lipinski definition) is 2. The molecular weight excluding hydrogens is 564 g/mol. The fourth-order valence-corrected chi connectivity index (χ4v) is 4.84. The fraction of sp³-hybridized carbons (Fsp3) is 0.744. The summed E-state index contributed by atoms with van der Waals surface area (Å²) in [5, 5.41) is 19.4. The van der Waals surface area contributed by atoms with Crippen molar-refractivity contribution >= 4 is 11.9 Å². The van der Waals surface area contributed by atoms with Crippen LogP contribution in [0.5, 0.6) is 0 Å². The van der Waals surface area contributed by atoms with E-state index in [-0.39, 0.29) is 37.7 Å². The van der Waals surface area contributed by atoms with Crippen LogP contribution in [-0.4, -0.2) is 47.6 Å². The standard InChI is InChI=1S/C39H68O6/c1-4-5-23-29-36(41)30-25-20-16-12-7-6-8-14-18-22-27-32-39(43)45-37(33-40)34-44-38(42)31-26-21-17-13-10-9-11-15-19-24-28-35(2)3/h6-7,14,16,18,20,25,30,35-37,40-41H,4-5,8-13,15,17,19,21-24,26-29,31-34H2,1-3H3/b7-6-,18-14-,20-16-,30-25+/t36-,37-/m0/s1. The van der Waals surface area contributed by atoms with E-state index in [4.69, 9.17) is 9.47 Å². The van der Waals surface area contributed by atoms with Gasteiger partial charge in [0.1, 0.15) is 6.61 Å².